The highest BCUT2D eigenvalue weighted by atomic mass is 79.9. The molecule has 0 aliphatic heterocycles. The number of aromatic nitrogens is 1. The summed E-state index contributed by atoms with van der Waals surface area (Å²) in [7, 11) is 0. The predicted octanol–water partition coefficient (Wildman–Crippen LogP) is 3.81. The molecule has 1 aromatic heterocycles. The number of benzene rings is 1. The number of rotatable bonds is 4. The Balaban J connectivity index is 2.21. The van der Waals surface area contributed by atoms with Crippen LogP contribution in [0.5, 0.6) is 0 Å². The zero-order chi connectivity index (χ0) is 14.7. The number of nitrogens with zero attached hydrogens (tertiary/aromatic N) is 2. The molecule has 0 bridgehead atoms. The average molecular weight is 340 g/mol. The molecule has 0 spiro atoms. The fraction of sp³-hybridized carbons (Fsp3) is 0.154. The number of pyridine rings is 1. The molecule has 0 aliphatic rings. The molecule has 0 fully saturated rings. The van der Waals surface area contributed by atoms with Gasteiger partial charge in [-0.3, -0.25) is 10.1 Å². The number of hydrogen-bond acceptors (Lipinski definition) is 4. The lowest BCUT2D eigenvalue weighted by Crippen LogP contribution is -2.05. The average Bonchev–Trinajstić information content (AvgIpc) is 2.41. The van der Waals surface area contributed by atoms with E-state index in [0.29, 0.717) is 21.4 Å². The van der Waals surface area contributed by atoms with E-state index < -0.39 is 4.92 Å². The van der Waals surface area contributed by atoms with Crippen molar-refractivity contribution in [2.24, 2.45) is 0 Å². The summed E-state index contributed by atoms with van der Waals surface area (Å²) in [5, 5.41) is 13.7. The monoisotopic (exact) mass is 339 g/mol. The fourth-order valence-corrected chi connectivity index (χ4v) is 2.14. The molecule has 1 N–H and O–H groups in total. The van der Waals surface area contributed by atoms with Crippen LogP contribution in [0.15, 0.2) is 34.9 Å². The van der Waals surface area contributed by atoms with Crippen LogP contribution in [0.1, 0.15) is 11.1 Å². The highest BCUT2D eigenvalue weighted by Crippen LogP contribution is 2.30. The van der Waals surface area contributed by atoms with Gasteiger partial charge in [-0.05, 0) is 28.9 Å². The lowest BCUT2D eigenvalue weighted by Gasteiger charge is -2.10. The minimum absolute atomic E-state index is 0.0617. The topological polar surface area (TPSA) is 68.1 Å². The summed E-state index contributed by atoms with van der Waals surface area (Å²) < 4.78 is 14.0. The summed E-state index contributed by atoms with van der Waals surface area (Å²) in [4.78, 5) is 14.3. The Hall–Kier alpha value is -2.02. The van der Waals surface area contributed by atoms with Crippen LogP contribution in [0.2, 0.25) is 0 Å². The molecule has 2 aromatic rings. The standard InChI is InChI=1S/C13H11BrFN3O2/c1-8-11(18(19)20)7-17-13(12(8)14)16-6-9-4-2-3-5-10(9)15/h2-5,7H,6H2,1H3,(H,16,17). The van der Waals surface area contributed by atoms with Crippen LogP contribution in [0.25, 0.3) is 0 Å². The van der Waals surface area contributed by atoms with Crippen molar-refractivity contribution in [1.29, 1.82) is 0 Å². The Bertz CT molecular complexity index is 664. The largest absolute Gasteiger partial charge is 0.365 e. The quantitative estimate of drug-likeness (QED) is 0.679. The third kappa shape index (κ3) is 2.93. The molecule has 0 amide bonds. The Morgan fingerprint density at radius 2 is 2.15 bits per heavy atom. The van der Waals surface area contributed by atoms with Crippen LogP contribution < -0.4 is 5.32 Å². The maximum Gasteiger partial charge on any atom is 0.291 e. The van der Waals surface area contributed by atoms with Crippen molar-refractivity contribution in [1.82, 2.24) is 4.98 Å². The lowest BCUT2D eigenvalue weighted by molar-refractivity contribution is -0.385. The van der Waals surface area contributed by atoms with Gasteiger partial charge in [-0.15, -0.1) is 0 Å². The second-order valence-corrected chi connectivity index (χ2v) is 4.93. The van der Waals surface area contributed by atoms with Gasteiger partial charge in [0.2, 0.25) is 0 Å². The second kappa shape index (κ2) is 5.96. The van der Waals surface area contributed by atoms with Gasteiger partial charge in [-0.25, -0.2) is 9.37 Å². The first-order valence-corrected chi connectivity index (χ1v) is 6.56. The summed E-state index contributed by atoms with van der Waals surface area (Å²) in [5.41, 5.74) is 0.909. The van der Waals surface area contributed by atoms with Crippen molar-refractivity contribution in [3.8, 4) is 0 Å². The number of halogens is 2. The third-order valence-corrected chi connectivity index (χ3v) is 3.81. The first kappa shape index (κ1) is 14.4. The number of anilines is 1. The lowest BCUT2D eigenvalue weighted by atomic mass is 10.2. The van der Waals surface area contributed by atoms with Gasteiger partial charge >= 0.3 is 0 Å². The van der Waals surface area contributed by atoms with Gasteiger partial charge in [-0.2, -0.15) is 0 Å². The van der Waals surface area contributed by atoms with Crippen molar-refractivity contribution in [2.45, 2.75) is 13.5 Å². The minimum Gasteiger partial charge on any atom is -0.365 e. The van der Waals surface area contributed by atoms with E-state index in [1.807, 2.05) is 0 Å². The van der Waals surface area contributed by atoms with Crippen molar-refractivity contribution in [2.75, 3.05) is 5.32 Å². The fourth-order valence-electron chi connectivity index (χ4n) is 1.70. The van der Waals surface area contributed by atoms with Crippen molar-refractivity contribution in [3.05, 3.63) is 62.0 Å². The second-order valence-electron chi connectivity index (χ2n) is 4.13. The number of nitrogens with one attached hydrogen (secondary N) is 1. The Kier molecular flexibility index (Phi) is 4.29. The maximum atomic E-state index is 13.5. The first-order chi connectivity index (χ1) is 9.50. The molecular formula is C13H11BrFN3O2. The predicted molar refractivity (Wildman–Crippen MR) is 77.1 cm³/mol. The van der Waals surface area contributed by atoms with Crippen molar-refractivity contribution in [3.63, 3.8) is 0 Å². The number of hydrogen-bond donors (Lipinski definition) is 1. The SMILES string of the molecule is Cc1c([N+](=O)[O-])cnc(NCc2ccccc2F)c1Br. The summed E-state index contributed by atoms with van der Waals surface area (Å²) in [6.07, 6.45) is 1.18. The molecule has 1 heterocycles. The van der Waals surface area contributed by atoms with Crippen molar-refractivity contribution < 1.29 is 9.31 Å². The van der Waals surface area contributed by atoms with Crippen LogP contribution >= 0.6 is 15.9 Å². The van der Waals surface area contributed by atoms with E-state index in [1.165, 1.54) is 12.3 Å². The molecule has 0 saturated heterocycles. The van der Waals surface area contributed by atoms with Crippen molar-refractivity contribution >= 4 is 27.4 Å². The molecule has 0 aliphatic carbocycles. The third-order valence-electron chi connectivity index (χ3n) is 2.84. The Morgan fingerprint density at radius 3 is 2.80 bits per heavy atom. The Morgan fingerprint density at radius 1 is 1.45 bits per heavy atom. The highest BCUT2D eigenvalue weighted by molar-refractivity contribution is 9.10. The molecule has 0 unspecified atom stereocenters. The van der Waals surface area contributed by atoms with Crippen LogP contribution in [0.3, 0.4) is 0 Å². The van der Waals surface area contributed by atoms with Gasteiger partial charge < -0.3 is 5.32 Å². The van der Waals surface area contributed by atoms with E-state index >= 15 is 0 Å². The highest BCUT2D eigenvalue weighted by Gasteiger charge is 2.17. The summed E-state index contributed by atoms with van der Waals surface area (Å²) in [6.45, 7) is 1.87. The smallest absolute Gasteiger partial charge is 0.291 e. The molecule has 1 aromatic carbocycles. The van der Waals surface area contributed by atoms with Gasteiger partial charge in [0.15, 0.2) is 0 Å². The van der Waals surface area contributed by atoms with Gasteiger partial charge in [0.25, 0.3) is 5.69 Å². The summed E-state index contributed by atoms with van der Waals surface area (Å²) in [5.74, 6) is 0.131. The molecule has 7 heteroatoms. The number of nitro groups is 1. The molecule has 20 heavy (non-hydrogen) atoms. The zero-order valence-corrected chi connectivity index (χ0v) is 12.1. The van der Waals surface area contributed by atoms with E-state index in [4.69, 9.17) is 0 Å². The molecular weight excluding hydrogens is 329 g/mol. The van der Waals surface area contributed by atoms with Crippen LogP contribution in [-0.2, 0) is 6.54 Å². The molecule has 0 radical (unpaired) electrons. The maximum absolute atomic E-state index is 13.5. The Labute approximate surface area is 123 Å². The molecule has 104 valence electrons. The summed E-state index contributed by atoms with van der Waals surface area (Å²) in [6, 6.07) is 6.39. The first-order valence-electron chi connectivity index (χ1n) is 5.77. The van der Waals surface area contributed by atoms with E-state index in [2.05, 4.69) is 26.2 Å². The van der Waals surface area contributed by atoms with E-state index in [1.54, 1.807) is 25.1 Å². The molecule has 5 nitrogen and oxygen atoms in total. The zero-order valence-electron chi connectivity index (χ0n) is 10.6. The van der Waals surface area contributed by atoms with Gasteiger partial charge in [-0.1, -0.05) is 18.2 Å². The summed E-state index contributed by atoms with van der Waals surface area (Å²) >= 11 is 3.27. The van der Waals surface area contributed by atoms with Gasteiger partial charge in [0, 0.05) is 17.7 Å². The van der Waals surface area contributed by atoms with E-state index in [-0.39, 0.29) is 18.0 Å². The minimum atomic E-state index is -0.492. The molecule has 0 atom stereocenters. The van der Waals surface area contributed by atoms with E-state index in [9.17, 15) is 14.5 Å². The normalized spacial score (nSPS) is 10.3. The van der Waals surface area contributed by atoms with Gasteiger partial charge in [0.1, 0.15) is 17.8 Å². The van der Waals surface area contributed by atoms with Crippen LogP contribution in [0.4, 0.5) is 15.9 Å². The van der Waals surface area contributed by atoms with Crippen LogP contribution in [0, 0.1) is 22.9 Å². The molecule has 2 rings (SSSR count). The van der Waals surface area contributed by atoms with E-state index in [0.717, 1.165) is 0 Å². The van der Waals surface area contributed by atoms with Crippen LogP contribution in [-0.4, -0.2) is 9.91 Å². The van der Waals surface area contributed by atoms with Gasteiger partial charge in [0.05, 0.1) is 9.40 Å². The molecule has 0 saturated carbocycles.